The van der Waals surface area contributed by atoms with Gasteiger partial charge in [-0.2, -0.15) is 5.10 Å². The summed E-state index contributed by atoms with van der Waals surface area (Å²) in [6.45, 7) is 0. The van der Waals surface area contributed by atoms with Gasteiger partial charge in [-0.05, 0) is 31.2 Å². The molecule has 0 amide bonds. The number of nitrogens with two attached hydrogens (primary N) is 1. The van der Waals surface area contributed by atoms with Crippen LogP contribution in [0.15, 0.2) is 12.3 Å². The summed E-state index contributed by atoms with van der Waals surface area (Å²) in [5, 5.41) is 4.40. The van der Waals surface area contributed by atoms with Gasteiger partial charge < -0.3 is 5.73 Å². The Kier molecular flexibility index (Phi) is 2.87. The maximum Gasteiger partial charge on any atom is 0.0627 e. The molecule has 14 heavy (non-hydrogen) atoms. The normalized spacial score (nSPS) is 27.9. The van der Waals surface area contributed by atoms with Gasteiger partial charge in [0.1, 0.15) is 0 Å². The highest BCUT2D eigenvalue weighted by Gasteiger charge is 2.22. The van der Waals surface area contributed by atoms with Gasteiger partial charge in [0.05, 0.1) is 5.69 Å². The van der Waals surface area contributed by atoms with E-state index in [1.165, 1.54) is 31.4 Å². The van der Waals surface area contributed by atoms with Gasteiger partial charge in [0.2, 0.25) is 0 Å². The highest BCUT2D eigenvalue weighted by molar-refractivity contribution is 5.01. The molecular formula is C11H19N3. The molecule has 0 bridgehead atoms. The molecule has 1 fully saturated rings. The van der Waals surface area contributed by atoms with E-state index < -0.39 is 0 Å². The van der Waals surface area contributed by atoms with E-state index in [0.29, 0.717) is 12.0 Å². The fraction of sp³-hybridized carbons (Fsp3) is 0.727. The van der Waals surface area contributed by atoms with Crippen molar-refractivity contribution in [1.82, 2.24) is 9.78 Å². The standard InChI is InChI=1S/C11H19N3/c1-14-7-6-10(13-14)8-9-4-2-3-5-11(9)12/h6-7,9,11H,2-5,8,12H2,1H3. The van der Waals surface area contributed by atoms with E-state index in [9.17, 15) is 0 Å². The molecule has 0 aliphatic heterocycles. The lowest BCUT2D eigenvalue weighted by atomic mass is 9.82. The average molecular weight is 193 g/mol. The summed E-state index contributed by atoms with van der Waals surface area (Å²) in [6, 6.07) is 2.49. The number of aromatic nitrogens is 2. The first-order chi connectivity index (χ1) is 6.75. The Bertz CT molecular complexity index is 292. The van der Waals surface area contributed by atoms with Crippen LogP contribution in [-0.2, 0) is 13.5 Å². The molecule has 1 saturated carbocycles. The first-order valence-electron chi connectivity index (χ1n) is 5.50. The van der Waals surface area contributed by atoms with Crippen LogP contribution in [0, 0.1) is 5.92 Å². The Hall–Kier alpha value is -0.830. The maximum atomic E-state index is 6.10. The predicted molar refractivity (Wildman–Crippen MR) is 56.8 cm³/mol. The third-order valence-electron chi connectivity index (χ3n) is 3.21. The molecular weight excluding hydrogens is 174 g/mol. The number of hydrogen-bond donors (Lipinski definition) is 1. The van der Waals surface area contributed by atoms with Gasteiger partial charge in [-0.3, -0.25) is 4.68 Å². The van der Waals surface area contributed by atoms with Crippen LogP contribution in [0.25, 0.3) is 0 Å². The molecule has 2 rings (SSSR count). The second kappa shape index (κ2) is 4.13. The highest BCUT2D eigenvalue weighted by atomic mass is 15.2. The molecule has 0 radical (unpaired) electrons. The Labute approximate surface area is 85.3 Å². The van der Waals surface area contributed by atoms with Gasteiger partial charge in [-0.1, -0.05) is 12.8 Å². The lowest BCUT2D eigenvalue weighted by Gasteiger charge is -2.27. The van der Waals surface area contributed by atoms with E-state index in [1.54, 1.807) is 0 Å². The van der Waals surface area contributed by atoms with Crippen LogP contribution in [0.3, 0.4) is 0 Å². The van der Waals surface area contributed by atoms with E-state index in [0.717, 1.165) is 6.42 Å². The lowest BCUT2D eigenvalue weighted by molar-refractivity contribution is 0.304. The lowest BCUT2D eigenvalue weighted by Crippen LogP contribution is -2.34. The van der Waals surface area contributed by atoms with Gasteiger partial charge in [0.25, 0.3) is 0 Å². The monoisotopic (exact) mass is 193 g/mol. The van der Waals surface area contributed by atoms with Crippen molar-refractivity contribution in [2.75, 3.05) is 0 Å². The summed E-state index contributed by atoms with van der Waals surface area (Å²) in [5.41, 5.74) is 7.29. The first kappa shape index (κ1) is 9.71. The largest absolute Gasteiger partial charge is 0.327 e. The minimum absolute atomic E-state index is 0.394. The topological polar surface area (TPSA) is 43.8 Å². The second-order valence-corrected chi connectivity index (χ2v) is 4.39. The van der Waals surface area contributed by atoms with Crippen molar-refractivity contribution in [3.05, 3.63) is 18.0 Å². The summed E-state index contributed by atoms with van der Waals surface area (Å²) in [7, 11) is 1.96. The van der Waals surface area contributed by atoms with Crippen LogP contribution < -0.4 is 5.73 Å². The minimum atomic E-state index is 0.394. The van der Waals surface area contributed by atoms with Crippen molar-refractivity contribution in [2.24, 2.45) is 18.7 Å². The number of hydrogen-bond acceptors (Lipinski definition) is 2. The second-order valence-electron chi connectivity index (χ2n) is 4.39. The molecule has 3 heteroatoms. The Balaban J connectivity index is 1.95. The van der Waals surface area contributed by atoms with E-state index in [4.69, 9.17) is 5.73 Å². The van der Waals surface area contributed by atoms with Crippen molar-refractivity contribution >= 4 is 0 Å². The van der Waals surface area contributed by atoms with E-state index in [2.05, 4.69) is 11.2 Å². The summed E-state index contributed by atoms with van der Waals surface area (Å²) >= 11 is 0. The molecule has 1 aliphatic carbocycles. The molecule has 1 aromatic heterocycles. The van der Waals surface area contributed by atoms with E-state index in [1.807, 2.05) is 17.9 Å². The SMILES string of the molecule is Cn1ccc(CC2CCCCC2N)n1. The number of rotatable bonds is 2. The van der Waals surface area contributed by atoms with Gasteiger partial charge >= 0.3 is 0 Å². The van der Waals surface area contributed by atoms with Gasteiger partial charge in [-0.25, -0.2) is 0 Å². The average Bonchev–Trinajstić information content (AvgIpc) is 2.56. The summed E-state index contributed by atoms with van der Waals surface area (Å²) in [4.78, 5) is 0. The molecule has 1 aliphatic rings. The van der Waals surface area contributed by atoms with Crippen LogP contribution in [0.1, 0.15) is 31.4 Å². The zero-order valence-electron chi connectivity index (χ0n) is 8.82. The van der Waals surface area contributed by atoms with Gasteiger partial charge in [0, 0.05) is 19.3 Å². The summed E-state index contributed by atoms with van der Waals surface area (Å²) < 4.78 is 1.86. The van der Waals surface area contributed by atoms with Crippen molar-refractivity contribution in [1.29, 1.82) is 0 Å². The predicted octanol–water partition coefficient (Wildman–Crippen LogP) is 1.48. The van der Waals surface area contributed by atoms with Gasteiger partial charge in [0.15, 0.2) is 0 Å². The molecule has 3 nitrogen and oxygen atoms in total. The molecule has 1 heterocycles. The van der Waals surface area contributed by atoms with Crippen molar-refractivity contribution in [3.63, 3.8) is 0 Å². The fourth-order valence-electron chi connectivity index (χ4n) is 2.33. The molecule has 1 aromatic rings. The Morgan fingerprint density at radius 2 is 2.29 bits per heavy atom. The van der Waals surface area contributed by atoms with Crippen molar-refractivity contribution < 1.29 is 0 Å². The molecule has 0 saturated heterocycles. The highest BCUT2D eigenvalue weighted by Crippen LogP contribution is 2.25. The molecule has 2 N–H and O–H groups in total. The fourth-order valence-corrected chi connectivity index (χ4v) is 2.33. The molecule has 78 valence electrons. The van der Waals surface area contributed by atoms with Crippen LogP contribution >= 0.6 is 0 Å². The molecule has 0 spiro atoms. The summed E-state index contributed by atoms with van der Waals surface area (Å²) in [6.07, 6.45) is 8.17. The molecule has 0 aromatic carbocycles. The van der Waals surface area contributed by atoms with Crippen molar-refractivity contribution in [3.8, 4) is 0 Å². The van der Waals surface area contributed by atoms with Crippen LogP contribution in [0.5, 0.6) is 0 Å². The van der Waals surface area contributed by atoms with Gasteiger partial charge in [-0.15, -0.1) is 0 Å². The Morgan fingerprint density at radius 1 is 1.50 bits per heavy atom. The van der Waals surface area contributed by atoms with E-state index in [-0.39, 0.29) is 0 Å². The maximum absolute atomic E-state index is 6.10. The zero-order chi connectivity index (χ0) is 9.97. The molecule has 2 atom stereocenters. The molecule has 2 unspecified atom stereocenters. The first-order valence-corrected chi connectivity index (χ1v) is 5.50. The van der Waals surface area contributed by atoms with Crippen LogP contribution in [0.4, 0.5) is 0 Å². The zero-order valence-corrected chi connectivity index (χ0v) is 8.82. The third-order valence-corrected chi connectivity index (χ3v) is 3.21. The van der Waals surface area contributed by atoms with Crippen LogP contribution in [-0.4, -0.2) is 15.8 Å². The number of nitrogens with zero attached hydrogens (tertiary/aromatic N) is 2. The quantitative estimate of drug-likeness (QED) is 0.773. The minimum Gasteiger partial charge on any atom is -0.327 e. The van der Waals surface area contributed by atoms with E-state index >= 15 is 0 Å². The third kappa shape index (κ3) is 2.15. The van der Waals surface area contributed by atoms with Crippen LogP contribution in [0.2, 0.25) is 0 Å². The summed E-state index contributed by atoms with van der Waals surface area (Å²) in [5.74, 6) is 0.652. The number of aryl methyl sites for hydroxylation is 1. The smallest absolute Gasteiger partial charge is 0.0627 e. The Morgan fingerprint density at radius 3 is 2.93 bits per heavy atom. The van der Waals surface area contributed by atoms with Crippen molar-refractivity contribution in [2.45, 2.75) is 38.1 Å².